The van der Waals surface area contributed by atoms with Crippen molar-refractivity contribution >= 4 is 0 Å². The molecule has 17 heavy (non-hydrogen) atoms. The standard InChI is InChI=1S/C14H16N2O/c1-11-3-2-8-16(14(11)17)10-13-6-4-12(9-15)5-7-13/h2-8H,9-10,15H2,1H3. The van der Waals surface area contributed by atoms with Crippen LogP contribution >= 0.6 is 0 Å². The van der Waals surface area contributed by atoms with Gasteiger partial charge >= 0.3 is 0 Å². The number of nitrogens with two attached hydrogens (primary N) is 1. The molecule has 0 aliphatic rings. The van der Waals surface area contributed by atoms with E-state index < -0.39 is 0 Å². The van der Waals surface area contributed by atoms with E-state index in [0.717, 1.165) is 16.7 Å². The molecule has 0 amide bonds. The summed E-state index contributed by atoms with van der Waals surface area (Å²) in [5, 5.41) is 0. The molecule has 0 radical (unpaired) electrons. The van der Waals surface area contributed by atoms with Crippen molar-refractivity contribution in [1.82, 2.24) is 4.57 Å². The Hall–Kier alpha value is -1.87. The number of aromatic nitrogens is 1. The average molecular weight is 228 g/mol. The Bertz CT molecular complexity index is 555. The minimum Gasteiger partial charge on any atom is -0.326 e. The predicted octanol–water partition coefficient (Wildman–Crippen LogP) is 1.66. The van der Waals surface area contributed by atoms with Crippen molar-refractivity contribution in [3.8, 4) is 0 Å². The van der Waals surface area contributed by atoms with Crippen LogP contribution in [0, 0.1) is 6.92 Å². The van der Waals surface area contributed by atoms with Gasteiger partial charge < -0.3 is 10.3 Å². The van der Waals surface area contributed by atoms with Crippen molar-refractivity contribution in [3.63, 3.8) is 0 Å². The zero-order valence-electron chi connectivity index (χ0n) is 9.89. The Morgan fingerprint density at radius 1 is 1.12 bits per heavy atom. The molecule has 0 unspecified atom stereocenters. The van der Waals surface area contributed by atoms with Crippen LogP contribution in [-0.2, 0) is 13.1 Å². The van der Waals surface area contributed by atoms with Crippen LogP contribution in [0.2, 0.25) is 0 Å². The molecule has 2 N–H and O–H groups in total. The highest BCUT2D eigenvalue weighted by molar-refractivity contribution is 5.23. The van der Waals surface area contributed by atoms with Gasteiger partial charge in [-0.2, -0.15) is 0 Å². The highest BCUT2D eigenvalue weighted by atomic mass is 16.1. The van der Waals surface area contributed by atoms with Gasteiger partial charge in [0.1, 0.15) is 0 Å². The lowest BCUT2D eigenvalue weighted by atomic mass is 10.1. The quantitative estimate of drug-likeness (QED) is 0.868. The van der Waals surface area contributed by atoms with Gasteiger partial charge in [0.2, 0.25) is 0 Å². The number of hydrogen-bond acceptors (Lipinski definition) is 2. The summed E-state index contributed by atoms with van der Waals surface area (Å²) in [6.45, 7) is 2.98. The minimum absolute atomic E-state index is 0.0652. The van der Waals surface area contributed by atoms with E-state index in [2.05, 4.69) is 0 Å². The van der Waals surface area contributed by atoms with Crippen LogP contribution in [0.5, 0.6) is 0 Å². The first-order valence-corrected chi connectivity index (χ1v) is 5.64. The lowest BCUT2D eigenvalue weighted by Crippen LogP contribution is -2.21. The molecule has 0 atom stereocenters. The molecule has 0 saturated carbocycles. The van der Waals surface area contributed by atoms with Crippen molar-refractivity contribution < 1.29 is 0 Å². The molecule has 3 nitrogen and oxygen atoms in total. The first-order chi connectivity index (χ1) is 8.20. The molecule has 88 valence electrons. The topological polar surface area (TPSA) is 48.0 Å². The summed E-state index contributed by atoms with van der Waals surface area (Å²) in [5.74, 6) is 0. The Kier molecular flexibility index (Phi) is 3.40. The first kappa shape index (κ1) is 11.6. The summed E-state index contributed by atoms with van der Waals surface area (Å²) >= 11 is 0. The molecule has 1 aromatic carbocycles. The molecular weight excluding hydrogens is 212 g/mol. The number of benzene rings is 1. The summed E-state index contributed by atoms with van der Waals surface area (Å²) in [7, 11) is 0. The second-order valence-electron chi connectivity index (χ2n) is 4.14. The molecule has 0 aliphatic carbocycles. The van der Waals surface area contributed by atoms with Gasteiger partial charge in [-0.1, -0.05) is 30.3 Å². The number of rotatable bonds is 3. The summed E-state index contributed by atoms with van der Waals surface area (Å²) in [6.07, 6.45) is 1.81. The fraction of sp³-hybridized carbons (Fsp3) is 0.214. The van der Waals surface area contributed by atoms with Gasteiger partial charge in [0.05, 0.1) is 6.54 Å². The van der Waals surface area contributed by atoms with Crippen molar-refractivity contribution in [2.24, 2.45) is 5.73 Å². The number of hydrogen-bond donors (Lipinski definition) is 1. The fourth-order valence-electron chi connectivity index (χ4n) is 1.76. The van der Waals surface area contributed by atoms with E-state index in [1.165, 1.54) is 0 Å². The summed E-state index contributed by atoms with van der Waals surface area (Å²) in [6, 6.07) is 11.7. The normalized spacial score (nSPS) is 10.5. The molecular formula is C14H16N2O. The number of pyridine rings is 1. The molecule has 0 fully saturated rings. The van der Waals surface area contributed by atoms with Gasteiger partial charge in [0.15, 0.2) is 0 Å². The van der Waals surface area contributed by atoms with Crippen molar-refractivity contribution in [3.05, 3.63) is 69.6 Å². The van der Waals surface area contributed by atoms with E-state index in [4.69, 9.17) is 5.73 Å². The van der Waals surface area contributed by atoms with Gasteiger partial charge in [-0.15, -0.1) is 0 Å². The molecule has 1 heterocycles. The highest BCUT2D eigenvalue weighted by Gasteiger charge is 2.00. The van der Waals surface area contributed by atoms with Crippen molar-refractivity contribution in [1.29, 1.82) is 0 Å². The van der Waals surface area contributed by atoms with Gasteiger partial charge in [-0.25, -0.2) is 0 Å². The maximum atomic E-state index is 11.8. The Balaban J connectivity index is 2.25. The van der Waals surface area contributed by atoms with E-state index in [1.807, 2.05) is 49.5 Å². The molecule has 0 bridgehead atoms. The molecule has 2 rings (SSSR count). The fourth-order valence-corrected chi connectivity index (χ4v) is 1.76. The molecule has 3 heteroatoms. The summed E-state index contributed by atoms with van der Waals surface area (Å²) < 4.78 is 1.72. The highest BCUT2D eigenvalue weighted by Crippen LogP contribution is 2.05. The van der Waals surface area contributed by atoms with Gasteiger partial charge in [0.25, 0.3) is 5.56 Å². The maximum absolute atomic E-state index is 11.8. The van der Waals surface area contributed by atoms with Gasteiger partial charge in [0, 0.05) is 18.3 Å². The zero-order chi connectivity index (χ0) is 12.3. The summed E-state index contributed by atoms with van der Waals surface area (Å²) in [5.41, 5.74) is 8.58. The van der Waals surface area contributed by atoms with Crippen molar-refractivity contribution in [2.75, 3.05) is 0 Å². The Morgan fingerprint density at radius 3 is 2.41 bits per heavy atom. The van der Waals surface area contributed by atoms with Crippen LogP contribution in [0.4, 0.5) is 0 Å². The Labute approximate surface area is 101 Å². The number of aryl methyl sites for hydroxylation is 1. The SMILES string of the molecule is Cc1cccn(Cc2ccc(CN)cc2)c1=O. The van der Waals surface area contributed by atoms with E-state index in [1.54, 1.807) is 4.57 Å². The van der Waals surface area contributed by atoms with Crippen LogP contribution in [-0.4, -0.2) is 4.57 Å². The van der Waals surface area contributed by atoms with Crippen LogP contribution in [0.1, 0.15) is 16.7 Å². The third-order valence-corrected chi connectivity index (χ3v) is 2.82. The lowest BCUT2D eigenvalue weighted by molar-refractivity contribution is 0.752. The average Bonchev–Trinajstić information content (AvgIpc) is 2.36. The van der Waals surface area contributed by atoms with E-state index in [0.29, 0.717) is 13.1 Å². The van der Waals surface area contributed by atoms with E-state index in [9.17, 15) is 4.79 Å². The van der Waals surface area contributed by atoms with Crippen LogP contribution in [0.3, 0.4) is 0 Å². The minimum atomic E-state index is 0.0652. The zero-order valence-corrected chi connectivity index (χ0v) is 9.89. The van der Waals surface area contributed by atoms with Gasteiger partial charge in [-0.05, 0) is 24.1 Å². The Morgan fingerprint density at radius 2 is 1.76 bits per heavy atom. The largest absolute Gasteiger partial charge is 0.326 e. The predicted molar refractivity (Wildman–Crippen MR) is 68.9 cm³/mol. The first-order valence-electron chi connectivity index (χ1n) is 5.64. The third kappa shape index (κ3) is 2.63. The van der Waals surface area contributed by atoms with E-state index >= 15 is 0 Å². The summed E-state index contributed by atoms with van der Waals surface area (Å²) in [4.78, 5) is 11.8. The van der Waals surface area contributed by atoms with Crippen molar-refractivity contribution in [2.45, 2.75) is 20.0 Å². The van der Waals surface area contributed by atoms with Crippen LogP contribution in [0.15, 0.2) is 47.4 Å². The molecule has 0 saturated heterocycles. The monoisotopic (exact) mass is 228 g/mol. The smallest absolute Gasteiger partial charge is 0.253 e. The molecule has 2 aromatic rings. The van der Waals surface area contributed by atoms with Crippen LogP contribution in [0.25, 0.3) is 0 Å². The lowest BCUT2D eigenvalue weighted by Gasteiger charge is -2.07. The molecule has 0 spiro atoms. The maximum Gasteiger partial charge on any atom is 0.253 e. The second kappa shape index (κ2) is 4.97. The molecule has 1 aromatic heterocycles. The number of nitrogens with zero attached hydrogens (tertiary/aromatic N) is 1. The van der Waals surface area contributed by atoms with E-state index in [-0.39, 0.29) is 5.56 Å². The van der Waals surface area contributed by atoms with Crippen LogP contribution < -0.4 is 11.3 Å². The van der Waals surface area contributed by atoms with Gasteiger partial charge in [-0.3, -0.25) is 4.79 Å². The molecule has 0 aliphatic heterocycles. The second-order valence-corrected chi connectivity index (χ2v) is 4.14. The third-order valence-electron chi connectivity index (χ3n) is 2.82.